The lowest BCUT2D eigenvalue weighted by molar-refractivity contribution is -0.121. The Kier molecular flexibility index (Phi) is 5.62. The summed E-state index contributed by atoms with van der Waals surface area (Å²) in [6, 6.07) is 4.64. The van der Waals surface area contributed by atoms with Crippen LogP contribution in [-0.2, 0) is 17.6 Å². The van der Waals surface area contributed by atoms with Gasteiger partial charge in [-0.3, -0.25) is 4.79 Å². The normalized spacial score (nSPS) is 17.4. The molecular formula is C20H26O. The van der Waals surface area contributed by atoms with Crippen molar-refractivity contribution in [2.45, 2.75) is 71.1 Å². The largest absolute Gasteiger partial charge is 0.299 e. The van der Waals surface area contributed by atoms with Gasteiger partial charge in [-0.25, -0.2) is 0 Å². The number of hydrogen-bond acceptors (Lipinski definition) is 1. The van der Waals surface area contributed by atoms with Crippen molar-refractivity contribution < 1.29 is 4.79 Å². The third-order valence-corrected chi connectivity index (χ3v) is 4.54. The molecule has 2 rings (SSSR count). The first kappa shape index (κ1) is 15.8. The topological polar surface area (TPSA) is 17.1 Å². The molecule has 0 saturated carbocycles. The van der Waals surface area contributed by atoms with Crippen LogP contribution < -0.4 is 0 Å². The molecule has 112 valence electrons. The summed E-state index contributed by atoms with van der Waals surface area (Å²) in [5.41, 5.74) is 5.46. The van der Waals surface area contributed by atoms with Crippen LogP contribution in [0.25, 0.3) is 0 Å². The van der Waals surface area contributed by atoms with Gasteiger partial charge >= 0.3 is 0 Å². The van der Waals surface area contributed by atoms with Crippen molar-refractivity contribution in [1.82, 2.24) is 0 Å². The number of terminal acetylenes is 1. The maximum absolute atomic E-state index is 12.3. The Morgan fingerprint density at radius 2 is 2.10 bits per heavy atom. The fraction of sp³-hybridized carbons (Fsp3) is 0.550. The number of carbonyl (C=O) groups excluding carboxylic acids is 1. The third kappa shape index (κ3) is 3.76. The van der Waals surface area contributed by atoms with Crippen molar-refractivity contribution in [1.29, 1.82) is 0 Å². The van der Waals surface area contributed by atoms with E-state index in [1.807, 2.05) is 0 Å². The Labute approximate surface area is 129 Å². The fourth-order valence-electron chi connectivity index (χ4n) is 3.49. The molecule has 21 heavy (non-hydrogen) atoms. The molecule has 0 aliphatic heterocycles. The molecule has 1 heteroatoms. The molecule has 1 nitrogen and oxygen atoms in total. The van der Waals surface area contributed by atoms with Crippen LogP contribution in [0.3, 0.4) is 0 Å². The number of Topliss-reactive ketones (excluding diaryl/α,β-unsaturated/α-hetero) is 1. The molecule has 0 spiro atoms. The molecule has 1 aromatic carbocycles. The summed E-state index contributed by atoms with van der Waals surface area (Å²) >= 11 is 0. The molecule has 1 aromatic rings. The van der Waals surface area contributed by atoms with E-state index in [0.717, 1.165) is 32.1 Å². The van der Waals surface area contributed by atoms with Gasteiger partial charge in [0.2, 0.25) is 0 Å². The maximum Gasteiger partial charge on any atom is 0.140 e. The zero-order valence-electron chi connectivity index (χ0n) is 13.4. The Morgan fingerprint density at radius 1 is 1.29 bits per heavy atom. The van der Waals surface area contributed by atoms with Crippen LogP contribution >= 0.6 is 0 Å². The van der Waals surface area contributed by atoms with Gasteiger partial charge in [-0.2, -0.15) is 0 Å². The molecule has 0 bridgehead atoms. The van der Waals surface area contributed by atoms with Gasteiger partial charge in [0.25, 0.3) is 0 Å². The second kappa shape index (κ2) is 7.46. The SMILES string of the molecule is C#CCCCC1C(=O)CCc2cc(CCCC)cc(C)c21. The Hall–Kier alpha value is -1.55. The molecule has 0 heterocycles. The zero-order valence-corrected chi connectivity index (χ0v) is 13.4. The Balaban J connectivity index is 2.25. The second-order valence-electron chi connectivity index (χ2n) is 6.20. The Morgan fingerprint density at radius 3 is 2.81 bits per heavy atom. The predicted molar refractivity (Wildman–Crippen MR) is 88.5 cm³/mol. The number of ketones is 1. The predicted octanol–water partition coefficient (Wildman–Crippen LogP) is 4.74. The van der Waals surface area contributed by atoms with Crippen molar-refractivity contribution in [3.8, 4) is 12.3 Å². The number of hydrogen-bond donors (Lipinski definition) is 0. The smallest absolute Gasteiger partial charge is 0.140 e. The van der Waals surface area contributed by atoms with Crippen LogP contribution in [0.2, 0.25) is 0 Å². The number of fused-ring (bicyclic) bond motifs is 1. The van der Waals surface area contributed by atoms with Crippen molar-refractivity contribution in [3.63, 3.8) is 0 Å². The van der Waals surface area contributed by atoms with Crippen LogP contribution in [0.15, 0.2) is 12.1 Å². The molecule has 1 unspecified atom stereocenters. The quantitative estimate of drug-likeness (QED) is 0.544. The standard InChI is InChI=1S/C20H26O/c1-4-6-8-10-18-19(21)12-11-17-14-16(9-7-5-2)13-15(3)20(17)18/h1,13-14,18H,5-12H2,2-3H3. The highest BCUT2D eigenvalue weighted by atomic mass is 16.1. The summed E-state index contributed by atoms with van der Waals surface area (Å²) in [6.45, 7) is 4.40. The molecule has 1 aliphatic carbocycles. The summed E-state index contributed by atoms with van der Waals surface area (Å²) in [4.78, 5) is 12.3. The first-order valence-corrected chi connectivity index (χ1v) is 8.25. The highest BCUT2D eigenvalue weighted by Crippen LogP contribution is 2.36. The zero-order chi connectivity index (χ0) is 15.2. The average Bonchev–Trinajstić information content (AvgIpc) is 2.47. The van der Waals surface area contributed by atoms with E-state index in [1.54, 1.807) is 0 Å². The van der Waals surface area contributed by atoms with Gasteiger partial charge in [0.1, 0.15) is 5.78 Å². The molecule has 1 aliphatic rings. The summed E-state index contributed by atoms with van der Waals surface area (Å²) < 4.78 is 0. The lowest BCUT2D eigenvalue weighted by Gasteiger charge is -2.27. The first-order chi connectivity index (χ1) is 10.2. The van der Waals surface area contributed by atoms with Crippen molar-refractivity contribution >= 4 is 5.78 Å². The van der Waals surface area contributed by atoms with E-state index < -0.39 is 0 Å². The Bertz CT molecular complexity index is 548. The lowest BCUT2D eigenvalue weighted by Crippen LogP contribution is -2.22. The summed E-state index contributed by atoms with van der Waals surface area (Å²) in [5.74, 6) is 3.17. The van der Waals surface area contributed by atoms with E-state index in [-0.39, 0.29) is 5.92 Å². The molecule has 0 amide bonds. The van der Waals surface area contributed by atoms with Gasteiger partial charge in [0, 0.05) is 18.8 Å². The summed E-state index contributed by atoms with van der Waals surface area (Å²) in [6.07, 6.45) is 13.2. The number of unbranched alkanes of at least 4 members (excludes halogenated alkanes) is 2. The monoisotopic (exact) mass is 282 g/mol. The van der Waals surface area contributed by atoms with Crippen LogP contribution in [0, 0.1) is 19.3 Å². The minimum Gasteiger partial charge on any atom is -0.299 e. The van der Waals surface area contributed by atoms with Crippen molar-refractivity contribution in [3.05, 3.63) is 34.4 Å². The highest BCUT2D eigenvalue weighted by Gasteiger charge is 2.28. The average molecular weight is 282 g/mol. The molecule has 0 saturated heterocycles. The van der Waals surface area contributed by atoms with Crippen LogP contribution in [0.5, 0.6) is 0 Å². The van der Waals surface area contributed by atoms with Gasteiger partial charge in [-0.15, -0.1) is 12.3 Å². The van der Waals surface area contributed by atoms with E-state index >= 15 is 0 Å². The molecular weight excluding hydrogens is 256 g/mol. The van der Waals surface area contributed by atoms with E-state index in [4.69, 9.17) is 6.42 Å². The molecule has 0 aromatic heterocycles. The van der Waals surface area contributed by atoms with E-state index in [0.29, 0.717) is 12.2 Å². The minimum absolute atomic E-state index is 0.0855. The van der Waals surface area contributed by atoms with Crippen LogP contribution in [-0.4, -0.2) is 5.78 Å². The highest BCUT2D eigenvalue weighted by molar-refractivity contribution is 5.88. The number of benzene rings is 1. The van der Waals surface area contributed by atoms with Gasteiger partial charge in [-0.05, 0) is 61.3 Å². The maximum atomic E-state index is 12.3. The number of rotatable bonds is 6. The van der Waals surface area contributed by atoms with Crippen LogP contribution in [0.1, 0.15) is 73.6 Å². The van der Waals surface area contributed by atoms with E-state index in [1.165, 1.54) is 35.1 Å². The van der Waals surface area contributed by atoms with Crippen molar-refractivity contribution in [2.75, 3.05) is 0 Å². The minimum atomic E-state index is 0.0855. The summed E-state index contributed by atoms with van der Waals surface area (Å²) in [5, 5.41) is 0. The second-order valence-corrected chi connectivity index (χ2v) is 6.20. The van der Waals surface area contributed by atoms with Gasteiger partial charge < -0.3 is 0 Å². The van der Waals surface area contributed by atoms with E-state index in [2.05, 4.69) is 31.9 Å². The molecule has 0 radical (unpaired) electrons. The van der Waals surface area contributed by atoms with Gasteiger partial charge in [0.15, 0.2) is 0 Å². The molecule has 0 fully saturated rings. The van der Waals surface area contributed by atoms with Crippen molar-refractivity contribution in [2.24, 2.45) is 0 Å². The molecule has 1 atom stereocenters. The van der Waals surface area contributed by atoms with Crippen LogP contribution in [0.4, 0.5) is 0 Å². The number of carbonyl (C=O) groups is 1. The first-order valence-electron chi connectivity index (χ1n) is 8.25. The third-order valence-electron chi connectivity index (χ3n) is 4.54. The molecule has 0 N–H and O–H groups in total. The van der Waals surface area contributed by atoms with E-state index in [9.17, 15) is 4.79 Å². The number of aryl methyl sites for hydroxylation is 3. The summed E-state index contributed by atoms with van der Waals surface area (Å²) in [7, 11) is 0. The fourth-order valence-corrected chi connectivity index (χ4v) is 3.49. The van der Waals surface area contributed by atoms with Gasteiger partial charge in [-0.1, -0.05) is 25.5 Å². The lowest BCUT2D eigenvalue weighted by atomic mass is 9.76. The van der Waals surface area contributed by atoms with Gasteiger partial charge in [0.05, 0.1) is 0 Å².